The molecule has 2 N–H and O–H groups in total. The quantitative estimate of drug-likeness (QED) is 0.604. The summed E-state index contributed by atoms with van der Waals surface area (Å²) in [5.41, 5.74) is 5.45. The topological polar surface area (TPSA) is 26.0 Å². The molecule has 0 aromatic rings. The van der Waals surface area contributed by atoms with Crippen LogP contribution in [0.4, 0.5) is 0 Å². The average Bonchev–Trinajstić information content (AvgIpc) is 1.87. The van der Waals surface area contributed by atoms with Gasteiger partial charge in [0.05, 0.1) is 0 Å². The van der Waals surface area contributed by atoms with E-state index < -0.39 is 0 Å². The molecule has 12 heavy (non-hydrogen) atoms. The second kappa shape index (κ2) is 9.84. The molecular formula is C8H17CuNS2. The largest absolute Gasteiger partial charge is 0.385 e. The van der Waals surface area contributed by atoms with Crippen LogP contribution in [0.1, 0.15) is 39.5 Å². The van der Waals surface area contributed by atoms with E-state index >= 15 is 0 Å². The van der Waals surface area contributed by atoms with Crippen molar-refractivity contribution in [2.75, 3.05) is 0 Å². The van der Waals surface area contributed by atoms with Gasteiger partial charge in [-0.3, -0.25) is 0 Å². The van der Waals surface area contributed by atoms with Gasteiger partial charge in [0.15, 0.2) is 0 Å². The van der Waals surface area contributed by atoms with Gasteiger partial charge >= 0.3 is 0 Å². The van der Waals surface area contributed by atoms with Gasteiger partial charge in [-0.15, -0.1) is 0 Å². The molecule has 0 aromatic carbocycles. The summed E-state index contributed by atoms with van der Waals surface area (Å²) in [6, 6.07) is 0. The fraction of sp³-hybridized carbons (Fsp3) is 0.875. The average molecular weight is 255 g/mol. The minimum absolute atomic E-state index is 0. The molecule has 0 atom stereocenters. The fourth-order valence-corrected chi connectivity index (χ4v) is 2.51. The molecule has 1 nitrogen and oxygen atoms in total. The van der Waals surface area contributed by atoms with Crippen molar-refractivity contribution in [3.05, 3.63) is 0 Å². The molecule has 0 unspecified atom stereocenters. The van der Waals surface area contributed by atoms with Crippen LogP contribution in [-0.4, -0.2) is 9.57 Å². The minimum Gasteiger partial charge on any atom is -0.385 e. The molecule has 0 saturated carbocycles. The minimum atomic E-state index is 0. The van der Waals surface area contributed by atoms with E-state index in [1.807, 2.05) is 0 Å². The van der Waals surface area contributed by atoms with Crippen LogP contribution in [0.25, 0.3) is 0 Å². The molecule has 1 radical (unpaired) electrons. The monoisotopic (exact) mass is 254 g/mol. The van der Waals surface area contributed by atoms with Crippen LogP contribution in [-0.2, 0) is 17.1 Å². The van der Waals surface area contributed by atoms with Gasteiger partial charge in [0.25, 0.3) is 0 Å². The molecule has 0 aromatic heterocycles. The molecule has 0 spiro atoms. The molecule has 0 aliphatic carbocycles. The molecule has 0 heterocycles. The van der Waals surface area contributed by atoms with Crippen molar-refractivity contribution in [3.63, 3.8) is 0 Å². The van der Waals surface area contributed by atoms with Gasteiger partial charge in [0.1, 0.15) is 4.32 Å². The predicted octanol–water partition coefficient (Wildman–Crippen LogP) is 2.93. The number of thiocarbonyl (C=S) groups is 1. The maximum Gasteiger partial charge on any atom is 0.131 e. The van der Waals surface area contributed by atoms with Crippen molar-refractivity contribution in [3.8, 4) is 0 Å². The van der Waals surface area contributed by atoms with Crippen LogP contribution in [0.15, 0.2) is 0 Å². The van der Waals surface area contributed by atoms with E-state index in [-0.39, 0.29) is 17.1 Å². The first-order valence-electron chi connectivity index (χ1n) is 4.16. The Hall–Kier alpha value is 0.759. The zero-order chi connectivity index (χ0) is 8.69. The second-order valence-electron chi connectivity index (χ2n) is 2.64. The number of nitrogens with two attached hydrogens (primary N) is 1. The summed E-state index contributed by atoms with van der Waals surface area (Å²) in [5, 5.41) is 0.655. The molecule has 0 aliphatic heterocycles. The van der Waals surface area contributed by atoms with Crippen molar-refractivity contribution in [2.45, 2.75) is 44.8 Å². The van der Waals surface area contributed by atoms with E-state index in [4.69, 9.17) is 18.0 Å². The first-order valence-corrected chi connectivity index (χ1v) is 5.45. The molecule has 0 rings (SSSR count). The molecule has 4 heteroatoms. The Bertz CT molecular complexity index is 114. The van der Waals surface area contributed by atoms with Crippen LogP contribution >= 0.6 is 24.0 Å². The zero-order valence-corrected chi connectivity index (χ0v) is 10.2. The Morgan fingerprint density at radius 2 is 1.75 bits per heavy atom. The third-order valence-electron chi connectivity index (χ3n) is 1.50. The third kappa shape index (κ3) is 8.85. The van der Waals surface area contributed by atoms with Crippen LogP contribution in [0, 0.1) is 0 Å². The van der Waals surface area contributed by atoms with E-state index in [2.05, 4.69) is 13.8 Å². The first kappa shape index (κ1) is 15.2. The Kier molecular flexibility index (Phi) is 12.5. The summed E-state index contributed by atoms with van der Waals surface area (Å²) < 4.78 is 0.594. The molecule has 77 valence electrons. The second-order valence-corrected chi connectivity index (χ2v) is 4.68. The number of rotatable bonds is 5. The Morgan fingerprint density at radius 1 is 1.33 bits per heavy atom. The van der Waals surface area contributed by atoms with Crippen LogP contribution in [0.2, 0.25) is 0 Å². The van der Waals surface area contributed by atoms with E-state index in [0.29, 0.717) is 9.57 Å². The SMILES string of the molecule is CCCC(CCC)SC(N)=S.[Cu]. The maximum atomic E-state index is 5.45. The summed E-state index contributed by atoms with van der Waals surface area (Å²) in [6.45, 7) is 4.39. The van der Waals surface area contributed by atoms with Crippen molar-refractivity contribution < 1.29 is 17.1 Å². The van der Waals surface area contributed by atoms with Crippen molar-refractivity contribution in [1.82, 2.24) is 0 Å². The molecule has 0 bridgehead atoms. The van der Waals surface area contributed by atoms with Gasteiger partial charge in [0, 0.05) is 22.3 Å². The smallest absolute Gasteiger partial charge is 0.131 e. The number of hydrogen-bond donors (Lipinski definition) is 1. The Morgan fingerprint density at radius 3 is 2.00 bits per heavy atom. The van der Waals surface area contributed by atoms with E-state index in [0.717, 1.165) is 0 Å². The summed E-state index contributed by atoms with van der Waals surface area (Å²) in [7, 11) is 0. The van der Waals surface area contributed by atoms with Gasteiger partial charge in [-0.1, -0.05) is 50.7 Å². The van der Waals surface area contributed by atoms with Crippen molar-refractivity contribution in [2.24, 2.45) is 5.73 Å². The van der Waals surface area contributed by atoms with E-state index in [9.17, 15) is 0 Å². The molecule has 0 fully saturated rings. The molecule has 0 aliphatic rings. The standard InChI is InChI=1S/C8H17NS2.Cu/c1-3-5-7(6-4-2)11-8(9)10;/h7H,3-6H2,1-2H3,(H2,9,10);. The van der Waals surface area contributed by atoms with Gasteiger partial charge in [-0.25, -0.2) is 0 Å². The summed E-state index contributed by atoms with van der Waals surface area (Å²) in [5.74, 6) is 0. The van der Waals surface area contributed by atoms with E-state index in [1.54, 1.807) is 11.8 Å². The third-order valence-corrected chi connectivity index (χ3v) is 2.83. The number of thioether (sulfide) groups is 1. The maximum absolute atomic E-state index is 5.45. The van der Waals surface area contributed by atoms with Crippen molar-refractivity contribution in [1.29, 1.82) is 0 Å². The summed E-state index contributed by atoms with van der Waals surface area (Å²) >= 11 is 6.50. The number of hydrogen-bond acceptors (Lipinski definition) is 2. The normalized spacial score (nSPS) is 9.58. The predicted molar refractivity (Wildman–Crippen MR) is 58.0 cm³/mol. The van der Waals surface area contributed by atoms with E-state index in [1.165, 1.54) is 25.7 Å². The molecule has 0 saturated heterocycles. The van der Waals surface area contributed by atoms with Gasteiger partial charge in [-0.05, 0) is 12.8 Å². The van der Waals surface area contributed by atoms with Crippen molar-refractivity contribution >= 4 is 28.3 Å². The van der Waals surface area contributed by atoms with Crippen LogP contribution < -0.4 is 5.73 Å². The van der Waals surface area contributed by atoms with Crippen LogP contribution in [0.5, 0.6) is 0 Å². The fourth-order valence-electron chi connectivity index (χ4n) is 1.07. The first-order chi connectivity index (χ1) is 5.20. The summed E-state index contributed by atoms with van der Waals surface area (Å²) in [6.07, 6.45) is 4.91. The van der Waals surface area contributed by atoms with Crippen LogP contribution in [0.3, 0.4) is 0 Å². The van der Waals surface area contributed by atoms with Gasteiger partial charge in [-0.2, -0.15) is 0 Å². The summed E-state index contributed by atoms with van der Waals surface area (Å²) in [4.78, 5) is 0. The zero-order valence-electron chi connectivity index (χ0n) is 7.60. The molecular weight excluding hydrogens is 238 g/mol. The Labute approximate surface area is 95.7 Å². The Balaban J connectivity index is 0. The van der Waals surface area contributed by atoms with Gasteiger partial charge in [0.2, 0.25) is 0 Å². The molecule has 0 amide bonds. The van der Waals surface area contributed by atoms with Gasteiger partial charge < -0.3 is 5.73 Å².